The molecule has 1 aliphatic rings. The molecule has 0 aliphatic carbocycles. The molecule has 0 spiro atoms. The van der Waals surface area contributed by atoms with E-state index in [9.17, 15) is 4.79 Å². The van der Waals surface area contributed by atoms with Crippen molar-refractivity contribution in [3.05, 3.63) is 21.6 Å². The van der Waals surface area contributed by atoms with Crippen LogP contribution in [0.2, 0.25) is 5.02 Å². The van der Waals surface area contributed by atoms with Gasteiger partial charge < -0.3 is 9.47 Å². The number of nitrogens with zero attached hydrogens (tertiary/aromatic N) is 1. The molecule has 0 bridgehead atoms. The van der Waals surface area contributed by atoms with Crippen molar-refractivity contribution in [2.24, 2.45) is 0 Å². The number of hydrogen-bond acceptors (Lipinski definition) is 3. The van der Waals surface area contributed by atoms with Gasteiger partial charge in [-0.15, -0.1) is 0 Å². The Hall–Kier alpha value is -0.940. The minimum absolute atomic E-state index is 0.393. The van der Waals surface area contributed by atoms with Gasteiger partial charge in [-0.1, -0.05) is 11.6 Å². The summed E-state index contributed by atoms with van der Waals surface area (Å²) in [4.78, 5) is 13.7. The minimum atomic E-state index is -0.533. The molecule has 0 unspecified atom stereocenters. The lowest BCUT2D eigenvalue weighted by Crippen LogP contribution is -2.41. The summed E-state index contributed by atoms with van der Waals surface area (Å²) >= 11 is 9.40. The van der Waals surface area contributed by atoms with Crippen LogP contribution < -0.4 is 9.64 Å². The summed E-state index contributed by atoms with van der Waals surface area (Å²) in [5.74, 6) is 0.619. The maximum atomic E-state index is 12.2. The second kappa shape index (κ2) is 5.21. The van der Waals surface area contributed by atoms with Crippen LogP contribution >= 0.6 is 27.5 Å². The van der Waals surface area contributed by atoms with Gasteiger partial charge in [-0.05, 0) is 48.8 Å². The van der Waals surface area contributed by atoms with Crippen molar-refractivity contribution in [2.45, 2.75) is 26.4 Å². The molecule has 19 heavy (non-hydrogen) atoms. The van der Waals surface area contributed by atoms with Gasteiger partial charge in [-0.2, -0.15) is 0 Å². The van der Waals surface area contributed by atoms with E-state index >= 15 is 0 Å². The first-order valence-corrected chi connectivity index (χ1v) is 7.07. The van der Waals surface area contributed by atoms with Crippen molar-refractivity contribution in [1.82, 2.24) is 0 Å². The van der Waals surface area contributed by atoms with E-state index in [1.54, 1.807) is 17.0 Å². The highest BCUT2D eigenvalue weighted by Gasteiger charge is 2.28. The summed E-state index contributed by atoms with van der Waals surface area (Å²) in [5.41, 5.74) is 0.100. The highest BCUT2D eigenvalue weighted by Crippen LogP contribution is 2.39. The highest BCUT2D eigenvalue weighted by molar-refractivity contribution is 9.10. The summed E-state index contributed by atoms with van der Waals surface area (Å²) in [5, 5.41) is 0.526. The van der Waals surface area contributed by atoms with Crippen LogP contribution in [0.1, 0.15) is 20.8 Å². The minimum Gasteiger partial charge on any atom is -0.489 e. The first-order valence-electron chi connectivity index (χ1n) is 5.90. The number of anilines is 1. The van der Waals surface area contributed by atoms with Gasteiger partial charge in [-0.25, -0.2) is 4.79 Å². The average molecular weight is 349 g/mol. The Morgan fingerprint density at radius 2 is 2.16 bits per heavy atom. The van der Waals surface area contributed by atoms with Crippen LogP contribution in [0, 0.1) is 0 Å². The van der Waals surface area contributed by atoms with Gasteiger partial charge in [-0.3, -0.25) is 4.90 Å². The number of carbonyl (C=O) groups is 1. The summed E-state index contributed by atoms with van der Waals surface area (Å²) in [6.45, 7) is 6.38. The normalized spacial score (nSPS) is 14.7. The molecular weight excluding hydrogens is 334 g/mol. The second-order valence-corrected chi connectivity index (χ2v) is 6.48. The fraction of sp³-hybridized carbons (Fsp3) is 0.462. The zero-order chi connectivity index (χ0) is 14.2. The van der Waals surface area contributed by atoms with Crippen LogP contribution in [0.25, 0.3) is 0 Å². The van der Waals surface area contributed by atoms with E-state index in [1.165, 1.54) is 0 Å². The summed E-state index contributed by atoms with van der Waals surface area (Å²) < 4.78 is 11.6. The highest BCUT2D eigenvalue weighted by atomic mass is 79.9. The van der Waals surface area contributed by atoms with Crippen molar-refractivity contribution in [3.63, 3.8) is 0 Å². The molecule has 1 amide bonds. The molecule has 2 rings (SSSR count). The zero-order valence-electron chi connectivity index (χ0n) is 11.0. The molecule has 0 atom stereocenters. The van der Waals surface area contributed by atoms with Gasteiger partial charge >= 0.3 is 6.09 Å². The summed E-state index contributed by atoms with van der Waals surface area (Å²) in [6, 6.07) is 3.46. The van der Waals surface area contributed by atoms with Gasteiger partial charge in [0.05, 0.1) is 17.3 Å². The molecule has 0 saturated carbocycles. The van der Waals surface area contributed by atoms with Crippen LogP contribution in [0.4, 0.5) is 10.5 Å². The number of rotatable bonds is 0. The number of benzene rings is 1. The first kappa shape index (κ1) is 14.5. The number of halogens is 2. The van der Waals surface area contributed by atoms with E-state index in [0.717, 1.165) is 4.47 Å². The van der Waals surface area contributed by atoms with Crippen LogP contribution in [0.3, 0.4) is 0 Å². The topological polar surface area (TPSA) is 38.8 Å². The Balaban J connectivity index is 2.32. The molecule has 0 aromatic heterocycles. The Morgan fingerprint density at radius 3 is 2.79 bits per heavy atom. The largest absolute Gasteiger partial charge is 0.489 e. The maximum Gasteiger partial charge on any atom is 0.415 e. The van der Waals surface area contributed by atoms with Crippen molar-refractivity contribution in [3.8, 4) is 5.75 Å². The lowest BCUT2D eigenvalue weighted by molar-refractivity contribution is 0.0568. The van der Waals surface area contributed by atoms with E-state index in [2.05, 4.69) is 15.9 Å². The summed E-state index contributed by atoms with van der Waals surface area (Å²) in [7, 11) is 0. The molecular formula is C13H15BrClNO3. The Labute approximate surface area is 125 Å². The Bertz CT molecular complexity index is 513. The van der Waals surface area contributed by atoms with Crippen molar-refractivity contribution in [1.29, 1.82) is 0 Å². The van der Waals surface area contributed by atoms with Crippen LogP contribution in [0.5, 0.6) is 5.75 Å². The van der Waals surface area contributed by atoms with Gasteiger partial charge in [0.15, 0.2) is 0 Å². The SMILES string of the molecule is CC(C)(C)OC(=O)N1CCOc2cc(Br)c(Cl)cc21. The Morgan fingerprint density at radius 1 is 1.47 bits per heavy atom. The fourth-order valence-corrected chi connectivity index (χ4v) is 2.20. The van der Waals surface area contributed by atoms with Gasteiger partial charge in [0.2, 0.25) is 0 Å². The molecule has 6 heteroatoms. The van der Waals surface area contributed by atoms with Crippen LogP contribution in [-0.2, 0) is 4.74 Å². The predicted octanol–water partition coefficient (Wildman–Crippen LogP) is 4.24. The molecule has 1 aromatic rings. The lowest BCUT2D eigenvalue weighted by Gasteiger charge is -2.31. The third-order valence-electron chi connectivity index (χ3n) is 2.48. The summed E-state index contributed by atoms with van der Waals surface area (Å²) in [6.07, 6.45) is -0.393. The third-order valence-corrected chi connectivity index (χ3v) is 3.68. The molecule has 0 fully saturated rings. The number of hydrogen-bond donors (Lipinski definition) is 0. The molecule has 1 aliphatic heterocycles. The van der Waals surface area contributed by atoms with E-state index in [-0.39, 0.29) is 0 Å². The van der Waals surface area contributed by atoms with Crippen LogP contribution in [0.15, 0.2) is 16.6 Å². The van der Waals surface area contributed by atoms with Gasteiger partial charge in [0.25, 0.3) is 0 Å². The van der Waals surface area contributed by atoms with Crippen molar-refractivity contribution >= 4 is 39.3 Å². The first-order chi connectivity index (χ1) is 8.78. The average Bonchev–Trinajstić information content (AvgIpc) is 2.27. The molecule has 4 nitrogen and oxygen atoms in total. The molecule has 0 N–H and O–H groups in total. The van der Waals surface area contributed by atoms with Crippen molar-refractivity contribution in [2.75, 3.05) is 18.1 Å². The molecule has 104 valence electrons. The molecule has 0 radical (unpaired) electrons. The monoisotopic (exact) mass is 347 g/mol. The number of ether oxygens (including phenoxy) is 2. The number of amides is 1. The van der Waals surface area contributed by atoms with E-state index in [0.29, 0.717) is 29.6 Å². The Kier molecular flexibility index (Phi) is 3.97. The molecule has 1 aromatic carbocycles. The standard InChI is InChI=1S/C13H15BrClNO3/c1-13(2,3)19-12(17)16-4-5-18-11-6-8(14)9(15)7-10(11)16/h6-7H,4-5H2,1-3H3. The van der Waals surface area contributed by atoms with Crippen molar-refractivity contribution < 1.29 is 14.3 Å². The maximum absolute atomic E-state index is 12.2. The number of fused-ring (bicyclic) bond motifs is 1. The predicted molar refractivity (Wildman–Crippen MR) is 78.2 cm³/mol. The van der Waals surface area contributed by atoms with E-state index < -0.39 is 11.7 Å². The second-order valence-electron chi connectivity index (χ2n) is 5.21. The molecule has 0 saturated heterocycles. The third kappa shape index (κ3) is 3.34. The van der Waals surface area contributed by atoms with Crippen LogP contribution in [-0.4, -0.2) is 24.8 Å². The fourth-order valence-electron chi connectivity index (χ4n) is 1.72. The van der Waals surface area contributed by atoms with E-state index in [1.807, 2.05) is 20.8 Å². The lowest BCUT2D eigenvalue weighted by atomic mass is 10.2. The smallest absolute Gasteiger partial charge is 0.415 e. The van der Waals surface area contributed by atoms with Gasteiger partial charge in [0.1, 0.15) is 18.0 Å². The van der Waals surface area contributed by atoms with E-state index in [4.69, 9.17) is 21.1 Å². The quantitative estimate of drug-likeness (QED) is 0.704. The number of carbonyl (C=O) groups excluding carboxylic acids is 1. The van der Waals surface area contributed by atoms with Gasteiger partial charge in [0, 0.05) is 4.47 Å². The zero-order valence-corrected chi connectivity index (χ0v) is 13.3. The molecule has 1 heterocycles.